The first-order valence-electron chi connectivity index (χ1n) is 8.55. The maximum atomic E-state index is 12.2. The first-order valence-corrected chi connectivity index (χ1v) is 8.55. The summed E-state index contributed by atoms with van der Waals surface area (Å²) in [5.41, 5.74) is 8.23. The lowest BCUT2D eigenvalue weighted by Crippen LogP contribution is -2.48. The average molecular weight is 367 g/mol. The number of hydrogen-bond acceptors (Lipinski definition) is 5. The van der Waals surface area contributed by atoms with Crippen LogP contribution in [0.4, 0.5) is 0 Å². The summed E-state index contributed by atoms with van der Waals surface area (Å²) >= 11 is 0. The van der Waals surface area contributed by atoms with Gasteiger partial charge in [0.05, 0.1) is 5.52 Å². The van der Waals surface area contributed by atoms with Gasteiger partial charge in [-0.25, -0.2) is 4.68 Å². The molecular weight excluding hydrogens is 346 g/mol. The van der Waals surface area contributed by atoms with Crippen molar-refractivity contribution in [1.82, 2.24) is 25.8 Å². The number of aryl methyl sites for hydroxylation is 1. The predicted octanol–water partition coefficient (Wildman–Crippen LogP) is 1.66. The van der Waals surface area contributed by atoms with E-state index in [1.165, 1.54) is 4.68 Å². The van der Waals surface area contributed by atoms with Crippen molar-refractivity contribution in [3.05, 3.63) is 53.6 Å². The first-order chi connectivity index (χ1) is 13.0. The van der Waals surface area contributed by atoms with Gasteiger partial charge in [0.2, 0.25) is 0 Å². The molecule has 8 nitrogen and oxygen atoms in total. The summed E-state index contributed by atoms with van der Waals surface area (Å²) in [6.45, 7) is 5.46. The van der Waals surface area contributed by atoms with Crippen LogP contribution in [-0.2, 0) is 16.1 Å². The molecular formula is C19H21N5O3. The molecule has 1 aromatic heterocycles. The molecule has 3 aromatic rings. The zero-order valence-corrected chi connectivity index (χ0v) is 15.4. The van der Waals surface area contributed by atoms with Crippen LogP contribution in [0.25, 0.3) is 11.0 Å². The van der Waals surface area contributed by atoms with Crippen molar-refractivity contribution in [2.45, 2.75) is 33.4 Å². The largest absolute Gasteiger partial charge is 0.481 e. The molecule has 2 amide bonds. The molecule has 1 unspecified atom stereocenters. The van der Waals surface area contributed by atoms with Crippen LogP contribution < -0.4 is 15.6 Å². The number of hydrazine groups is 1. The van der Waals surface area contributed by atoms with Crippen molar-refractivity contribution in [3.63, 3.8) is 0 Å². The Bertz CT molecular complexity index is 982. The number of benzene rings is 2. The van der Waals surface area contributed by atoms with E-state index in [2.05, 4.69) is 21.2 Å². The third kappa shape index (κ3) is 4.22. The van der Waals surface area contributed by atoms with E-state index < -0.39 is 17.9 Å². The van der Waals surface area contributed by atoms with Crippen LogP contribution in [-0.4, -0.2) is 32.9 Å². The van der Waals surface area contributed by atoms with Gasteiger partial charge in [-0.05, 0) is 50.1 Å². The standard InChI is InChI=1S/C19H21N5O3/c1-12-7-6-10-17(13(12)2)27-14(3)19(26)22-21-18(25)11-24-16-9-5-4-8-15(16)20-23-24/h4-10,14H,11H2,1-3H3,(H,21,25)(H,22,26). The topological polar surface area (TPSA) is 98.1 Å². The van der Waals surface area contributed by atoms with Crippen LogP contribution >= 0.6 is 0 Å². The molecule has 0 bridgehead atoms. The number of carbonyl (C=O) groups excluding carboxylic acids is 2. The lowest BCUT2D eigenvalue weighted by atomic mass is 10.1. The van der Waals surface area contributed by atoms with Crippen LogP contribution in [0.2, 0.25) is 0 Å². The summed E-state index contributed by atoms with van der Waals surface area (Å²) in [5.74, 6) is -0.233. The average Bonchev–Trinajstić information content (AvgIpc) is 3.06. The monoisotopic (exact) mass is 367 g/mol. The highest BCUT2D eigenvalue weighted by Crippen LogP contribution is 2.21. The highest BCUT2D eigenvalue weighted by molar-refractivity contribution is 5.85. The van der Waals surface area contributed by atoms with E-state index in [4.69, 9.17) is 4.74 Å². The van der Waals surface area contributed by atoms with Gasteiger partial charge in [-0.1, -0.05) is 29.5 Å². The third-order valence-electron chi connectivity index (χ3n) is 4.27. The summed E-state index contributed by atoms with van der Waals surface area (Å²) in [5, 5.41) is 7.92. The minimum Gasteiger partial charge on any atom is -0.481 e. The molecule has 2 N–H and O–H groups in total. The van der Waals surface area contributed by atoms with Crippen molar-refractivity contribution in [1.29, 1.82) is 0 Å². The van der Waals surface area contributed by atoms with Crippen molar-refractivity contribution in [3.8, 4) is 5.75 Å². The molecule has 0 saturated carbocycles. The fourth-order valence-corrected chi connectivity index (χ4v) is 2.54. The van der Waals surface area contributed by atoms with Crippen molar-refractivity contribution < 1.29 is 14.3 Å². The SMILES string of the molecule is Cc1cccc(OC(C)C(=O)NNC(=O)Cn2nnc3ccccc32)c1C. The number of aromatic nitrogens is 3. The van der Waals surface area contributed by atoms with Gasteiger partial charge in [-0.3, -0.25) is 20.4 Å². The van der Waals surface area contributed by atoms with Crippen molar-refractivity contribution in [2.75, 3.05) is 0 Å². The van der Waals surface area contributed by atoms with Crippen LogP contribution in [0.5, 0.6) is 5.75 Å². The van der Waals surface area contributed by atoms with Gasteiger partial charge >= 0.3 is 0 Å². The number of nitrogens with zero attached hydrogens (tertiary/aromatic N) is 3. The Morgan fingerprint density at radius 2 is 1.89 bits per heavy atom. The Labute approximate surface area is 156 Å². The lowest BCUT2D eigenvalue weighted by molar-refractivity contribution is -0.133. The number of hydrogen-bond donors (Lipinski definition) is 2. The van der Waals surface area contributed by atoms with Gasteiger partial charge in [0.15, 0.2) is 6.10 Å². The molecule has 140 valence electrons. The van der Waals surface area contributed by atoms with Crippen molar-refractivity contribution in [2.24, 2.45) is 0 Å². The van der Waals surface area contributed by atoms with Crippen LogP contribution in [0.15, 0.2) is 42.5 Å². The summed E-state index contributed by atoms with van der Waals surface area (Å²) in [6.07, 6.45) is -0.766. The molecule has 3 rings (SSSR count). The normalized spacial score (nSPS) is 11.8. The van der Waals surface area contributed by atoms with Crippen LogP contribution in [0, 0.1) is 13.8 Å². The molecule has 0 radical (unpaired) electrons. The van der Waals surface area contributed by atoms with Gasteiger partial charge < -0.3 is 4.74 Å². The maximum Gasteiger partial charge on any atom is 0.279 e. The minimum atomic E-state index is -0.766. The fraction of sp³-hybridized carbons (Fsp3) is 0.263. The molecule has 1 heterocycles. The number of fused-ring (bicyclic) bond motifs is 1. The maximum absolute atomic E-state index is 12.2. The van der Waals surface area contributed by atoms with E-state index in [9.17, 15) is 9.59 Å². The zero-order valence-electron chi connectivity index (χ0n) is 15.4. The number of carbonyl (C=O) groups is 2. The Kier molecular flexibility index (Phi) is 5.35. The molecule has 0 aliphatic carbocycles. The third-order valence-corrected chi connectivity index (χ3v) is 4.27. The number of amides is 2. The quantitative estimate of drug-likeness (QED) is 0.669. The van der Waals surface area contributed by atoms with Gasteiger partial charge in [0.1, 0.15) is 17.8 Å². The Morgan fingerprint density at radius 3 is 2.70 bits per heavy atom. The first kappa shape index (κ1) is 18.4. The molecule has 2 aromatic carbocycles. The highest BCUT2D eigenvalue weighted by Gasteiger charge is 2.17. The molecule has 0 aliphatic heterocycles. The lowest BCUT2D eigenvalue weighted by Gasteiger charge is -2.17. The predicted molar refractivity (Wildman–Crippen MR) is 99.8 cm³/mol. The van der Waals surface area contributed by atoms with Gasteiger partial charge in [0, 0.05) is 0 Å². The van der Waals surface area contributed by atoms with Crippen LogP contribution in [0.3, 0.4) is 0 Å². The number of rotatable bonds is 5. The van der Waals surface area contributed by atoms with Crippen molar-refractivity contribution >= 4 is 22.8 Å². The molecule has 8 heteroatoms. The van der Waals surface area contributed by atoms with E-state index in [1.54, 1.807) is 13.0 Å². The summed E-state index contributed by atoms with van der Waals surface area (Å²) in [6, 6.07) is 13.0. The van der Waals surface area contributed by atoms with E-state index in [1.807, 2.05) is 50.2 Å². The van der Waals surface area contributed by atoms with Gasteiger partial charge in [0.25, 0.3) is 11.8 Å². The van der Waals surface area contributed by atoms with E-state index >= 15 is 0 Å². The second kappa shape index (κ2) is 7.86. The highest BCUT2D eigenvalue weighted by atomic mass is 16.5. The second-order valence-electron chi connectivity index (χ2n) is 6.23. The molecule has 1 atom stereocenters. The smallest absolute Gasteiger partial charge is 0.279 e. The Balaban J connectivity index is 1.53. The molecule has 27 heavy (non-hydrogen) atoms. The zero-order chi connectivity index (χ0) is 19.4. The summed E-state index contributed by atoms with van der Waals surface area (Å²) < 4.78 is 7.16. The van der Waals surface area contributed by atoms with Gasteiger partial charge in [-0.2, -0.15) is 0 Å². The number of ether oxygens (including phenoxy) is 1. The molecule has 0 spiro atoms. The summed E-state index contributed by atoms with van der Waals surface area (Å²) in [7, 11) is 0. The number of nitrogens with one attached hydrogen (secondary N) is 2. The summed E-state index contributed by atoms with van der Waals surface area (Å²) in [4.78, 5) is 24.3. The molecule has 0 saturated heterocycles. The Morgan fingerprint density at radius 1 is 1.11 bits per heavy atom. The van der Waals surface area contributed by atoms with Crippen LogP contribution in [0.1, 0.15) is 18.1 Å². The molecule has 0 fully saturated rings. The minimum absolute atomic E-state index is 0.0625. The van der Waals surface area contributed by atoms with Gasteiger partial charge in [-0.15, -0.1) is 5.10 Å². The Hall–Kier alpha value is -3.42. The van der Waals surface area contributed by atoms with E-state index in [0.717, 1.165) is 16.6 Å². The fourth-order valence-electron chi connectivity index (χ4n) is 2.54. The number of para-hydroxylation sites is 1. The van der Waals surface area contributed by atoms with E-state index in [-0.39, 0.29) is 6.54 Å². The molecule has 0 aliphatic rings. The van der Waals surface area contributed by atoms with E-state index in [0.29, 0.717) is 11.3 Å². The second-order valence-corrected chi connectivity index (χ2v) is 6.23.